The number of anilines is 1. The Kier molecular flexibility index (Phi) is 3.41. The lowest BCUT2D eigenvalue weighted by atomic mass is 10.2. The van der Waals surface area contributed by atoms with E-state index in [9.17, 15) is 4.79 Å². The van der Waals surface area contributed by atoms with Gasteiger partial charge in [0.15, 0.2) is 0 Å². The van der Waals surface area contributed by atoms with Crippen LogP contribution in [0.3, 0.4) is 0 Å². The van der Waals surface area contributed by atoms with Crippen molar-refractivity contribution < 1.29 is 9.53 Å². The highest BCUT2D eigenvalue weighted by Gasteiger charge is 2.28. The molecule has 0 aliphatic heterocycles. The summed E-state index contributed by atoms with van der Waals surface area (Å²) in [6.45, 7) is 4.05. The Morgan fingerprint density at radius 3 is 2.86 bits per heavy atom. The average Bonchev–Trinajstić information content (AvgIpc) is 3.25. The number of ether oxygens (including phenoxy) is 1. The Morgan fingerprint density at radius 2 is 2.19 bits per heavy atom. The van der Waals surface area contributed by atoms with E-state index >= 15 is 0 Å². The Labute approximate surface area is 124 Å². The van der Waals surface area contributed by atoms with Crippen LogP contribution < -0.4 is 10.1 Å². The molecule has 1 fully saturated rings. The number of amides is 1. The molecule has 5 nitrogen and oxygen atoms in total. The Hall–Kier alpha value is -2.30. The number of pyridine rings is 1. The molecule has 2 aromatic rings. The molecule has 1 amide bonds. The maximum absolute atomic E-state index is 12.5. The summed E-state index contributed by atoms with van der Waals surface area (Å²) in [6, 6.07) is 6.07. The Balaban J connectivity index is 1.87. The fourth-order valence-corrected chi connectivity index (χ4v) is 2.74. The fourth-order valence-electron chi connectivity index (χ4n) is 2.74. The molecule has 21 heavy (non-hydrogen) atoms. The van der Waals surface area contributed by atoms with Gasteiger partial charge in [0.05, 0.1) is 12.7 Å². The van der Waals surface area contributed by atoms with E-state index in [-0.39, 0.29) is 5.91 Å². The van der Waals surface area contributed by atoms with Crippen LogP contribution in [0.1, 0.15) is 40.6 Å². The van der Waals surface area contributed by atoms with Crippen LogP contribution in [0.2, 0.25) is 0 Å². The number of rotatable bonds is 4. The number of hydrogen-bond acceptors (Lipinski definition) is 3. The first-order valence-electron chi connectivity index (χ1n) is 7.10. The van der Waals surface area contributed by atoms with Gasteiger partial charge in [0.1, 0.15) is 5.69 Å². The predicted octanol–water partition coefficient (Wildman–Crippen LogP) is 3.10. The van der Waals surface area contributed by atoms with Gasteiger partial charge in [-0.25, -0.2) is 4.98 Å². The zero-order chi connectivity index (χ0) is 15.0. The van der Waals surface area contributed by atoms with Gasteiger partial charge in [0.25, 0.3) is 5.91 Å². The van der Waals surface area contributed by atoms with Crippen LogP contribution in [0, 0.1) is 13.8 Å². The molecular weight excluding hydrogens is 266 g/mol. The highest BCUT2D eigenvalue weighted by molar-refractivity contribution is 6.05. The minimum atomic E-state index is -0.124. The van der Waals surface area contributed by atoms with E-state index in [1.54, 1.807) is 18.3 Å². The van der Waals surface area contributed by atoms with Crippen LogP contribution in [0.25, 0.3) is 0 Å². The van der Waals surface area contributed by atoms with E-state index in [0.29, 0.717) is 23.2 Å². The smallest absolute Gasteiger partial charge is 0.257 e. The number of methoxy groups -OCH3 is 1. The third-order valence-corrected chi connectivity index (χ3v) is 3.85. The van der Waals surface area contributed by atoms with Crippen molar-refractivity contribution in [2.24, 2.45) is 0 Å². The highest BCUT2D eigenvalue weighted by Crippen LogP contribution is 2.38. The van der Waals surface area contributed by atoms with E-state index in [2.05, 4.69) is 14.9 Å². The lowest BCUT2D eigenvalue weighted by Crippen LogP contribution is -2.14. The third kappa shape index (κ3) is 2.51. The van der Waals surface area contributed by atoms with Gasteiger partial charge in [-0.1, -0.05) is 0 Å². The lowest BCUT2D eigenvalue weighted by Gasteiger charge is -2.10. The van der Waals surface area contributed by atoms with Gasteiger partial charge < -0.3 is 14.6 Å². The minimum Gasteiger partial charge on any atom is -0.480 e. The first-order chi connectivity index (χ1) is 10.1. The van der Waals surface area contributed by atoms with Crippen molar-refractivity contribution >= 4 is 11.6 Å². The first-order valence-corrected chi connectivity index (χ1v) is 7.10. The van der Waals surface area contributed by atoms with Gasteiger partial charge in [0.2, 0.25) is 5.88 Å². The van der Waals surface area contributed by atoms with Crippen LogP contribution >= 0.6 is 0 Å². The molecule has 0 saturated heterocycles. The van der Waals surface area contributed by atoms with Crippen LogP contribution in [0.15, 0.2) is 24.4 Å². The van der Waals surface area contributed by atoms with E-state index in [1.807, 2.05) is 19.9 Å². The molecule has 2 heterocycles. The van der Waals surface area contributed by atoms with Crippen LogP contribution in [0.5, 0.6) is 5.88 Å². The standard InChI is InChI=1S/C16H19N3O2/c1-10-9-13(11(2)19(10)12-6-7-12)15(20)18-14-5-4-8-17-16(14)21-3/h4-5,8-9,12H,6-7H2,1-3H3,(H,18,20). The molecule has 0 atom stereocenters. The number of aromatic nitrogens is 2. The normalized spacial score (nSPS) is 14.0. The number of carbonyl (C=O) groups is 1. The number of aryl methyl sites for hydroxylation is 1. The summed E-state index contributed by atoms with van der Waals surface area (Å²) in [4.78, 5) is 16.6. The molecule has 1 N–H and O–H groups in total. The van der Waals surface area contributed by atoms with Crippen molar-refractivity contribution in [1.82, 2.24) is 9.55 Å². The van der Waals surface area contributed by atoms with Gasteiger partial charge in [-0.3, -0.25) is 4.79 Å². The zero-order valence-corrected chi connectivity index (χ0v) is 12.5. The molecular formula is C16H19N3O2. The summed E-state index contributed by atoms with van der Waals surface area (Å²) in [5.74, 6) is 0.295. The summed E-state index contributed by atoms with van der Waals surface area (Å²) in [6.07, 6.45) is 4.04. The second-order valence-corrected chi connectivity index (χ2v) is 5.40. The maximum Gasteiger partial charge on any atom is 0.257 e. The molecule has 5 heteroatoms. The topological polar surface area (TPSA) is 56.1 Å². The van der Waals surface area contributed by atoms with Gasteiger partial charge in [-0.2, -0.15) is 0 Å². The molecule has 3 rings (SSSR count). The number of nitrogens with one attached hydrogen (secondary N) is 1. The molecule has 0 radical (unpaired) electrons. The monoisotopic (exact) mass is 285 g/mol. The summed E-state index contributed by atoms with van der Waals surface area (Å²) in [7, 11) is 1.54. The number of nitrogens with zero attached hydrogens (tertiary/aromatic N) is 2. The molecule has 0 spiro atoms. The van der Waals surface area contributed by atoms with E-state index in [4.69, 9.17) is 4.74 Å². The first kappa shape index (κ1) is 13.7. The van der Waals surface area contributed by atoms with Gasteiger partial charge in [-0.05, 0) is 44.9 Å². The molecule has 1 saturated carbocycles. The average molecular weight is 285 g/mol. The van der Waals surface area contributed by atoms with Crippen LogP contribution in [-0.2, 0) is 0 Å². The summed E-state index contributed by atoms with van der Waals surface area (Å²) < 4.78 is 7.42. The molecule has 0 aromatic carbocycles. The SMILES string of the molecule is COc1ncccc1NC(=O)c1cc(C)n(C2CC2)c1C. The number of carbonyl (C=O) groups excluding carboxylic acids is 1. The van der Waals surface area contributed by atoms with Crippen molar-refractivity contribution in [3.05, 3.63) is 41.3 Å². The van der Waals surface area contributed by atoms with Crippen LogP contribution in [0.4, 0.5) is 5.69 Å². The molecule has 2 aromatic heterocycles. The van der Waals surface area contributed by atoms with Crippen molar-refractivity contribution in [2.45, 2.75) is 32.7 Å². The lowest BCUT2D eigenvalue weighted by molar-refractivity contribution is 0.102. The Morgan fingerprint density at radius 1 is 1.43 bits per heavy atom. The highest BCUT2D eigenvalue weighted by atomic mass is 16.5. The minimum absolute atomic E-state index is 0.124. The van der Waals surface area contributed by atoms with E-state index < -0.39 is 0 Å². The van der Waals surface area contributed by atoms with Gasteiger partial charge in [-0.15, -0.1) is 0 Å². The predicted molar refractivity (Wildman–Crippen MR) is 80.9 cm³/mol. The molecule has 1 aliphatic rings. The largest absolute Gasteiger partial charge is 0.480 e. The number of hydrogen-bond donors (Lipinski definition) is 1. The van der Waals surface area contributed by atoms with E-state index in [1.165, 1.54) is 20.0 Å². The summed E-state index contributed by atoms with van der Waals surface area (Å²) in [5, 5.41) is 2.88. The zero-order valence-electron chi connectivity index (χ0n) is 12.5. The van der Waals surface area contributed by atoms with Crippen LogP contribution in [-0.4, -0.2) is 22.6 Å². The van der Waals surface area contributed by atoms with Crippen molar-refractivity contribution in [2.75, 3.05) is 12.4 Å². The Bertz CT molecular complexity index is 687. The summed E-state index contributed by atoms with van der Waals surface area (Å²) in [5.41, 5.74) is 3.46. The quantitative estimate of drug-likeness (QED) is 0.939. The second-order valence-electron chi connectivity index (χ2n) is 5.40. The van der Waals surface area contributed by atoms with E-state index in [0.717, 1.165) is 11.4 Å². The molecule has 1 aliphatic carbocycles. The van der Waals surface area contributed by atoms with Crippen molar-refractivity contribution in [3.63, 3.8) is 0 Å². The van der Waals surface area contributed by atoms with Gasteiger partial charge in [0, 0.05) is 23.6 Å². The molecule has 110 valence electrons. The molecule has 0 bridgehead atoms. The van der Waals surface area contributed by atoms with Crippen molar-refractivity contribution in [3.8, 4) is 5.88 Å². The summed E-state index contributed by atoms with van der Waals surface area (Å²) >= 11 is 0. The fraction of sp³-hybridized carbons (Fsp3) is 0.375. The second kappa shape index (κ2) is 5.24. The molecule has 0 unspecified atom stereocenters. The van der Waals surface area contributed by atoms with Gasteiger partial charge >= 0.3 is 0 Å². The maximum atomic E-state index is 12.5. The third-order valence-electron chi connectivity index (χ3n) is 3.85. The van der Waals surface area contributed by atoms with Crippen molar-refractivity contribution in [1.29, 1.82) is 0 Å².